The fourth-order valence-corrected chi connectivity index (χ4v) is 2.99. The molecule has 1 fully saturated rings. The van der Waals surface area contributed by atoms with Crippen molar-refractivity contribution in [2.24, 2.45) is 0 Å². The van der Waals surface area contributed by atoms with Gasteiger partial charge >= 0.3 is 6.03 Å². The molecule has 2 rings (SSSR count). The molecule has 1 aliphatic heterocycles. The minimum Gasteiger partial charge on any atom is -0.338 e. The molecule has 0 atom stereocenters. The first-order chi connectivity index (χ1) is 11.5. The molecule has 0 unspecified atom stereocenters. The van der Waals surface area contributed by atoms with Gasteiger partial charge in [0.05, 0.1) is 0 Å². The number of carbonyl (C=O) groups excluding carboxylic acids is 2. The molecule has 0 aromatic heterocycles. The standard InChI is InChI=1S/C18H26ClN3O2/c1-3-4-9-20-18(24)22-11-6-10-21(12-13-22)17(23)15-7-5-8-16(19)14(15)2/h5,7-8H,3-4,6,9-13H2,1-2H3,(H,20,24). The predicted molar refractivity (Wildman–Crippen MR) is 96.6 cm³/mol. The number of carbonyl (C=O) groups is 2. The van der Waals surface area contributed by atoms with Crippen LogP contribution in [-0.4, -0.2) is 54.5 Å². The van der Waals surface area contributed by atoms with Gasteiger partial charge in [-0.1, -0.05) is 31.0 Å². The first-order valence-electron chi connectivity index (χ1n) is 8.61. The van der Waals surface area contributed by atoms with Crippen LogP contribution in [0, 0.1) is 6.92 Å². The summed E-state index contributed by atoms with van der Waals surface area (Å²) in [7, 11) is 0. The van der Waals surface area contributed by atoms with Crippen molar-refractivity contribution in [3.8, 4) is 0 Å². The summed E-state index contributed by atoms with van der Waals surface area (Å²) in [6, 6.07) is 5.37. The van der Waals surface area contributed by atoms with Crippen molar-refractivity contribution >= 4 is 23.5 Å². The third-order valence-electron chi connectivity index (χ3n) is 4.37. The van der Waals surface area contributed by atoms with Gasteiger partial charge in [-0.15, -0.1) is 0 Å². The van der Waals surface area contributed by atoms with E-state index in [1.165, 1.54) is 0 Å². The van der Waals surface area contributed by atoms with Crippen molar-refractivity contribution in [1.82, 2.24) is 15.1 Å². The maximum absolute atomic E-state index is 12.8. The fraction of sp³-hybridized carbons (Fsp3) is 0.556. The van der Waals surface area contributed by atoms with Gasteiger partial charge in [0.15, 0.2) is 0 Å². The van der Waals surface area contributed by atoms with Gasteiger partial charge in [0.2, 0.25) is 0 Å². The van der Waals surface area contributed by atoms with Crippen LogP contribution in [0.25, 0.3) is 0 Å². The molecule has 0 spiro atoms. The van der Waals surface area contributed by atoms with Crippen LogP contribution in [0.4, 0.5) is 4.79 Å². The summed E-state index contributed by atoms with van der Waals surface area (Å²) in [5.41, 5.74) is 1.45. The summed E-state index contributed by atoms with van der Waals surface area (Å²) in [6.45, 7) is 7.10. The number of nitrogens with one attached hydrogen (secondary N) is 1. The van der Waals surface area contributed by atoms with Crippen molar-refractivity contribution in [3.63, 3.8) is 0 Å². The van der Waals surface area contributed by atoms with E-state index in [1.54, 1.807) is 17.0 Å². The van der Waals surface area contributed by atoms with Crippen LogP contribution < -0.4 is 5.32 Å². The Hall–Kier alpha value is -1.75. The maximum Gasteiger partial charge on any atom is 0.317 e. The SMILES string of the molecule is CCCCNC(=O)N1CCCN(C(=O)c2cccc(Cl)c2C)CC1. The molecule has 0 radical (unpaired) electrons. The average Bonchev–Trinajstić information content (AvgIpc) is 2.83. The molecule has 0 saturated carbocycles. The van der Waals surface area contributed by atoms with Crippen LogP contribution in [0.15, 0.2) is 18.2 Å². The molecule has 1 aliphatic rings. The quantitative estimate of drug-likeness (QED) is 0.846. The lowest BCUT2D eigenvalue weighted by Gasteiger charge is -2.23. The lowest BCUT2D eigenvalue weighted by molar-refractivity contribution is 0.0761. The van der Waals surface area contributed by atoms with Crippen molar-refractivity contribution in [2.45, 2.75) is 33.1 Å². The fourth-order valence-electron chi connectivity index (χ4n) is 2.82. The molecular weight excluding hydrogens is 326 g/mol. The second kappa shape index (κ2) is 8.92. The van der Waals surface area contributed by atoms with Crippen LogP contribution in [-0.2, 0) is 0 Å². The van der Waals surface area contributed by atoms with E-state index in [9.17, 15) is 9.59 Å². The van der Waals surface area contributed by atoms with Crippen molar-refractivity contribution in [2.75, 3.05) is 32.7 Å². The molecule has 1 aromatic rings. The van der Waals surface area contributed by atoms with Crippen molar-refractivity contribution < 1.29 is 9.59 Å². The zero-order valence-corrected chi connectivity index (χ0v) is 15.2. The van der Waals surface area contributed by atoms with Gasteiger partial charge in [-0.2, -0.15) is 0 Å². The minimum absolute atomic E-state index is 0.0109. The number of unbranched alkanes of at least 4 members (excludes halogenated alkanes) is 1. The number of hydrogen-bond acceptors (Lipinski definition) is 2. The predicted octanol–water partition coefficient (Wildman–Crippen LogP) is 3.31. The van der Waals surface area contributed by atoms with Crippen LogP contribution >= 0.6 is 11.6 Å². The molecule has 5 nitrogen and oxygen atoms in total. The van der Waals surface area contributed by atoms with E-state index in [4.69, 9.17) is 11.6 Å². The summed E-state index contributed by atoms with van der Waals surface area (Å²) in [5, 5.41) is 3.54. The molecule has 1 heterocycles. The molecule has 132 valence electrons. The summed E-state index contributed by atoms with van der Waals surface area (Å²) >= 11 is 6.12. The highest BCUT2D eigenvalue weighted by Gasteiger charge is 2.23. The Morgan fingerprint density at radius 1 is 1.17 bits per heavy atom. The second-order valence-electron chi connectivity index (χ2n) is 6.13. The summed E-state index contributed by atoms with van der Waals surface area (Å²) in [5.74, 6) is -0.0109. The summed E-state index contributed by atoms with van der Waals surface area (Å²) < 4.78 is 0. The zero-order valence-electron chi connectivity index (χ0n) is 14.5. The minimum atomic E-state index is -0.0308. The largest absolute Gasteiger partial charge is 0.338 e. The van der Waals surface area contributed by atoms with E-state index in [0.717, 1.165) is 24.8 Å². The van der Waals surface area contributed by atoms with Gasteiger partial charge in [0, 0.05) is 43.3 Å². The van der Waals surface area contributed by atoms with Gasteiger partial charge in [-0.25, -0.2) is 4.79 Å². The number of benzene rings is 1. The Balaban J connectivity index is 1.96. The molecule has 1 N–H and O–H groups in total. The molecule has 1 saturated heterocycles. The summed E-state index contributed by atoms with van der Waals surface area (Å²) in [6.07, 6.45) is 2.83. The van der Waals surface area contributed by atoms with Crippen LogP contribution in [0.3, 0.4) is 0 Å². The highest BCUT2D eigenvalue weighted by Crippen LogP contribution is 2.20. The Labute approximate surface area is 149 Å². The second-order valence-corrected chi connectivity index (χ2v) is 6.54. The molecule has 6 heteroatoms. The van der Waals surface area contributed by atoms with Crippen LogP contribution in [0.2, 0.25) is 5.02 Å². The monoisotopic (exact) mass is 351 g/mol. The molecule has 24 heavy (non-hydrogen) atoms. The summed E-state index contributed by atoms with van der Waals surface area (Å²) in [4.78, 5) is 28.5. The topological polar surface area (TPSA) is 52.7 Å². The number of hydrogen-bond donors (Lipinski definition) is 1. The van der Waals surface area contributed by atoms with Gasteiger partial charge in [-0.3, -0.25) is 4.79 Å². The van der Waals surface area contributed by atoms with Gasteiger partial charge in [0.25, 0.3) is 5.91 Å². The van der Waals surface area contributed by atoms with E-state index in [-0.39, 0.29) is 11.9 Å². The number of amides is 3. The Morgan fingerprint density at radius 3 is 2.62 bits per heavy atom. The maximum atomic E-state index is 12.8. The van der Waals surface area contributed by atoms with E-state index < -0.39 is 0 Å². The molecule has 0 bridgehead atoms. The highest BCUT2D eigenvalue weighted by atomic mass is 35.5. The van der Waals surface area contributed by atoms with E-state index >= 15 is 0 Å². The Kier molecular flexibility index (Phi) is 6.91. The van der Waals surface area contributed by atoms with Crippen LogP contribution in [0.5, 0.6) is 0 Å². The van der Waals surface area contributed by atoms with Gasteiger partial charge in [0.1, 0.15) is 0 Å². The third-order valence-corrected chi connectivity index (χ3v) is 4.78. The smallest absolute Gasteiger partial charge is 0.317 e. The molecular formula is C18H26ClN3O2. The first-order valence-corrected chi connectivity index (χ1v) is 8.99. The van der Waals surface area contributed by atoms with Gasteiger partial charge in [-0.05, 0) is 37.5 Å². The average molecular weight is 352 g/mol. The first kappa shape index (κ1) is 18.6. The Morgan fingerprint density at radius 2 is 1.88 bits per heavy atom. The van der Waals surface area contributed by atoms with Crippen molar-refractivity contribution in [1.29, 1.82) is 0 Å². The zero-order chi connectivity index (χ0) is 17.5. The molecule has 0 aliphatic carbocycles. The number of urea groups is 1. The third kappa shape index (κ3) is 4.63. The lowest BCUT2D eigenvalue weighted by Crippen LogP contribution is -2.42. The lowest BCUT2D eigenvalue weighted by atomic mass is 10.1. The number of nitrogens with zero attached hydrogens (tertiary/aromatic N) is 2. The highest BCUT2D eigenvalue weighted by molar-refractivity contribution is 6.31. The number of rotatable bonds is 4. The van der Waals surface area contributed by atoms with Gasteiger partial charge < -0.3 is 15.1 Å². The van der Waals surface area contributed by atoms with Crippen LogP contribution in [0.1, 0.15) is 42.1 Å². The molecule has 3 amide bonds. The van der Waals surface area contributed by atoms with E-state index in [0.29, 0.717) is 43.3 Å². The van der Waals surface area contributed by atoms with Crippen molar-refractivity contribution in [3.05, 3.63) is 34.3 Å². The number of halogens is 1. The normalized spacial score (nSPS) is 15.1. The molecule has 1 aromatic carbocycles. The Bertz CT molecular complexity index is 592. The van der Waals surface area contributed by atoms with E-state index in [1.807, 2.05) is 17.9 Å². The van der Waals surface area contributed by atoms with E-state index in [2.05, 4.69) is 12.2 Å².